The van der Waals surface area contributed by atoms with Gasteiger partial charge in [0.15, 0.2) is 0 Å². The molecule has 0 aliphatic carbocycles. The van der Waals surface area contributed by atoms with Gasteiger partial charge >= 0.3 is 0 Å². The Labute approximate surface area is 202 Å². The van der Waals surface area contributed by atoms with Crippen molar-refractivity contribution < 1.29 is 19.1 Å². The Morgan fingerprint density at radius 3 is 2.68 bits per heavy atom. The maximum Gasteiger partial charge on any atom is 0.253 e. The molecule has 2 saturated heterocycles. The van der Waals surface area contributed by atoms with Crippen molar-refractivity contribution in [3.8, 4) is 0 Å². The predicted octanol–water partition coefficient (Wildman–Crippen LogP) is 2.92. The first-order valence-corrected chi connectivity index (χ1v) is 11.8. The van der Waals surface area contributed by atoms with Gasteiger partial charge in [-0.1, -0.05) is 11.6 Å². The largest absolute Gasteiger partial charge is 0.376 e. The van der Waals surface area contributed by atoms with Crippen LogP contribution in [0.25, 0.3) is 10.9 Å². The van der Waals surface area contributed by atoms with Gasteiger partial charge in [0, 0.05) is 59.8 Å². The zero-order valence-corrected chi connectivity index (χ0v) is 19.8. The number of halogens is 1. The number of fused-ring (bicyclic) bond motifs is 1. The Bertz CT molecular complexity index is 1200. The predicted molar refractivity (Wildman–Crippen MR) is 128 cm³/mol. The van der Waals surface area contributed by atoms with Crippen LogP contribution in [0.15, 0.2) is 42.6 Å². The summed E-state index contributed by atoms with van der Waals surface area (Å²) in [5.74, 6) is 0.234. The van der Waals surface area contributed by atoms with Gasteiger partial charge in [-0.2, -0.15) is 5.10 Å². The number of hydrogen-bond acceptors (Lipinski definition) is 5. The van der Waals surface area contributed by atoms with Crippen molar-refractivity contribution >= 4 is 34.3 Å². The molecule has 0 spiro atoms. The van der Waals surface area contributed by atoms with E-state index in [2.05, 4.69) is 10.4 Å². The van der Waals surface area contributed by atoms with Crippen molar-refractivity contribution in [2.75, 3.05) is 39.5 Å². The summed E-state index contributed by atoms with van der Waals surface area (Å²) in [5.41, 5.74) is 3.03. The third-order valence-electron chi connectivity index (χ3n) is 6.41. The van der Waals surface area contributed by atoms with E-state index in [0.717, 1.165) is 23.0 Å². The fraction of sp³-hybridized carbons (Fsp3) is 0.400. The number of amides is 2. The van der Waals surface area contributed by atoms with Crippen molar-refractivity contribution in [3.63, 3.8) is 0 Å². The molecule has 0 bridgehead atoms. The molecule has 0 saturated carbocycles. The van der Waals surface area contributed by atoms with Crippen LogP contribution in [0, 0.1) is 12.8 Å². The zero-order valence-electron chi connectivity index (χ0n) is 19.0. The topological polar surface area (TPSA) is 85.7 Å². The van der Waals surface area contributed by atoms with Crippen LogP contribution < -0.4 is 5.32 Å². The van der Waals surface area contributed by atoms with Gasteiger partial charge in [0.05, 0.1) is 31.4 Å². The number of aryl methyl sites for hydroxylation is 1. The van der Waals surface area contributed by atoms with E-state index < -0.39 is 0 Å². The second-order valence-electron chi connectivity index (χ2n) is 8.88. The number of nitrogens with one attached hydrogen (secondary N) is 1. The molecule has 9 heteroatoms. The summed E-state index contributed by atoms with van der Waals surface area (Å²) in [7, 11) is 0. The summed E-state index contributed by atoms with van der Waals surface area (Å²) in [5, 5.41) is 9.21. The first-order valence-electron chi connectivity index (χ1n) is 11.5. The highest BCUT2D eigenvalue weighted by atomic mass is 35.5. The molecule has 2 fully saturated rings. The van der Waals surface area contributed by atoms with Crippen LogP contribution in [-0.2, 0) is 16.0 Å². The van der Waals surface area contributed by atoms with Gasteiger partial charge in [-0.3, -0.25) is 14.3 Å². The number of likely N-dealkylation sites (tertiary alicyclic amines) is 1. The number of hydrogen-bond donors (Lipinski definition) is 1. The molecule has 1 N–H and O–H groups in total. The summed E-state index contributed by atoms with van der Waals surface area (Å²) < 4.78 is 12.9. The van der Waals surface area contributed by atoms with Crippen LogP contribution in [-0.4, -0.2) is 72.1 Å². The summed E-state index contributed by atoms with van der Waals surface area (Å²) in [6.07, 6.45) is 1.88. The van der Waals surface area contributed by atoms with Gasteiger partial charge in [-0.05, 0) is 48.9 Å². The molecule has 8 nitrogen and oxygen atoms in total. The summed E-state index contributed by atoms with van der Waals surface area (Å²) >= 11 is 5.91. The number of carbonyl (C=O) groups is 2. The zero-order chi connectivity index (χ0) is 23.7. The lowest BCUT2D eigenvalue weighted by atomic mass is 9.99. The van der Waals surface area contributed by atoms with Gasteiger partial charge in [0.1, 0.15) is 0 Å². The Morgan fingerprint density at radius 2 is 1.94 bits per heavy atom. The number of aromatic nitrogens is 2. The number of rotatable bonds is 6. The molecule has 1 aromatic heterocycles. The minimum Gasteiger partial charge on any atom is -0.376 e. The van der Waals surface area contributed by atoms with E-state index in [1.165, 1.54) is 0 Å². The smallest absolute Gasteiger partial charge is 0.253 e. The Hall–Kier alpha value is -2.94. The van der Waals surface area contributed by atoms with Crippen LogP contribution in [0.4, 0.5) is 0 Å². The molecule has 2 aliphatic heterocycles. The number of carbonyl (C=O) groups excluding carboxylic acids is 2. The number of benzene rings is 2. The van der Waals surface area contributed by atoms with Crippen molar-refractivity contribution in [3.05, 3.63) is 64.3 Å². The van der Waals surface area contributed by atoms with E-state index in [0.29, 0.717) is 61.5 Å². The molecule has 2 amide bonds. The van der Waals surface area contributed by atoms with Gasteiger partial charge in [0.2, 0.25) is 0 Å². The molecule has 34 heavy (non-hydrogen) atoms. The SMILES string of the molecule is Cc1c(C(=O)NCC2COCCO2)ccc2nn(CC3CN(C(=O)c4ccc(Cl)cc4)C3)cc12. The Kier molecular flexibility index (Phi) is 6.54. The highest BCUT2D eigenvalue weighted by Crippen LogP contribution is 2.24. The van der Waals surface area contributed by atoms with Gasteiger partial charge < -0.3 is 19.7 Å². The maximum absolute atomic E-state index is 12.7. The molecule has 3 heterocycles. The Morgan fingerprint density at radius 1 is 1.15 bits per heavy atom. The van der Waals surface area contributed by atoms with E-state index >= 15 is 0 Å². The minimum atomic E-state index is -0.128. The van der Waals surface area contributed by atoms with E-state index in [-0.39, 0.29) is 17.9 Å². The molecule has 2 aliphatic rings. The van der Waals surface area contributed by atoms with E-state index in [4.69, 9.17) is 21.1 Å². The van der Waals surface area contributed by atoms with E-state index in [1.54, 1.807) is 24.3 Å². The van der Waals surface area contributed by atoms with E-state index in [1.807, 2.05) is 34.8 Å². The monoisotopic (exact) mass is 482 g/mol. The fourth-order valence-corrected chi connectivity index (χ4v) is 4.59. The molecule has 1 atom stereocenters. The highest BCUT2D eigenvalue weighted by molar-refractivity contribution is 6.30. The van der Waals surface area contributed by atoms with Crippen LogP contribution in [0.5, 0.6) is 0 Å². The highest BCUT2D eigenvalue weighted by Gasteiger charge is 2.31. The molecule has 5 rings (SSSR count). The minimum absolute atomic E-state index is 0.0234. The molecule has 3 aromatic rings. The third-order valence-corrected chi connectivity index (χ3v) is 6.66. The lowest BCUT2D eigenvalue weighted by Crippen LogP contribution is -2.51. The van der Waals surface area contributed by atoms with Crippen molar-refractivity contribution in [1.29, 1.82) is 0 Å². The quantitative estimate of drug-likeness (QED) is 0.584. The Balaban J connectivity index is 1.19. The number of ether oxygens (including phenoxy) is 2. The molecular formula is C25H27ClN4O4. The maximum atomic E-state index is 12.7. The second kappa shape index (κ2) is 9.74. The number of nitrogens with zero attached hydrogens (tertiary/aromatic N) is 3. The van der Waals surface area contributed by atoms with E-state index in [9.17, 15) is 9.59 Å². The molecule has 1 unspecified atom stereocenters. The summed E-state index contributed by atoms with van der Waals surface area (Å²) in [6, 6.07) is 10.7. The first kappa shape index (κ1) is 22.8. The standard InChI is InChI=1S/C25H27ClN4O4/c1-16-21(24(31)27-10-20-15-33-8-9-34-20)6-7-23-22(16)14-30(28-23)13-17-11-29(12-17)25(32)18-2-4-19(26)5-3-18/h2-7,14,17,20H,8-13,15H2,1H3,(H,27,31). The molecule has 0 radical (unpaired) electrons. The first-order chi connectivity index (χ1) is 16.5. The van der Waals surface area contributed by atoms with Gasteiger partial charge in [-0.15, -0.1) is 0 Å². The fourth-order valence-electron chi connectivity index (χ4n) is 4.47. The van der Waals surface area contributed by atoms with Crippen molar-refractivity contribution in [2.45, 2.75) is 19.6 Å². The molecular weight excluding hydrogens is 456 g/mol. The van der Waals surface area contributed by atoms with Gasteiger partial charge in [-0.25, -0.2) is 0 Å². The molecule has 2 aromatic carbocycles. The van der Waals surface area contributed by atoms with Crippen LogP contribution in [0.3, 0.4) is 0 Å². The van der Waals surface area contributed by atoms with Crippen LogP contribution in [0.2, 0.25) is 5.02 Å². The van der Waals surface area contributed by atoms with Crippen LogP contribution >= 0.6 is 11.6 Å². The summed E-state index contributed by atoms with van der Waals surface area (Å²) in [6.45, 7) is 6.12. The average Bonchev–Trinajstić information content (AvgIpc) is 3.24. The van der Waals surface area contributed by atoms with Gasteiger partial charge in [0.25, 0.3) is 11.8 Å². The second-order valence-corrected chi connectivity index (χ2v) is 9.32. The third kappa shape index (κ3) is 4.80. The molecule has 178 valence electrons. The summed E-state index contributed by atoms with van der Waals surface area (Å²) in [4.78, 5) is 27.2. The normalized spacial score (nSPS) is 18.6. The lowest BCUT2D eigenvalue weighted by Gasteiger charge is -2.39. The average molecular weight is 483 g/mol. The van der Waals surface area contributed by atoms with Crippen LogP contribution in [0.1, 0.15) is 26.3 Å². The lowest BCUT2D eigenvalue weighted by molar-refractivity contribution is -0.0855. The van der Waals surface area contributed by atoms with Crippen molar-refractivity contribution in [1.82, 2.24) is 20.0 Å². The van der Waals surface area contributed by atoms with Crippen molar-refractivity contribution in [2.24, 2.45) is 5.92 Å².